The van der Waals surface area contributed by atoms with E-state index in [1.54, 1.807) is 14.2 Å². The van der Waals surface area contributed by atoms with Crippen molar-refractivity contribution in [2.24, 2.45) is 0 Å². The predicted molar refractivity (Wildman–Crippen MR) is 122 cm³/mol. The van der Waals surface area contributed by atoms with E-state index < -0.39 is 5.63 Å². The van der Waals surface area contributed by atoms with Gasteiger partial charge in [-0.15, -0.1) is 0 Å². The van der Waals surface area contributed by atoms with Crippen LogP contribution in [-0.2, 0) is 29.0 Å². The molecule has 3 aromatic rings. The quantitative estimate of drug-likeness (QED) is 0.396. The van der Waals surface area contributed by atoms with E-state index in [0.29, 0.717) is 49.1 Å². The van der Waals surface area contributed by atoms with Crippen LogP contribution in [0.25, 0.3) is 11.0 Å². The van der Waals surface area contributed by atoms with Crippen LogP contribution in [0.5, 0.6) is 17.2 Å². The van der Waals surface area contributed by atoms with Gasteiger partial charge in [-0.05, 0) is 48.2 Å². The first-order chi connectivity index (χ1) is 15.9. The lowest BCUT2D eigenvalue weighted by Gasteiger charge is -2.31. The van der Waals surface area contributed by atoms with Crippen molar-refractivity contribution in [1.29, 1.82) is 0 Å². The Morgan fingerprint density at radius 2 is 1.88 bits per heavy atom. The van der Waals surface area contributed by atoms with Crippen molar-refractivity contribution in [3.8, 4) is 17.2 Å². The number of rotatable bonds is 7. The standard InChI is InChI=1S/C25H27NO7/c1-15-9-23(28)33-25-18(15)11-17(6-8-22(27)31-4)24-19(25)13-26(14-32-24)12-16-5-7-20(29-2)21(10-16)30-3/h5,7,9-11H,6,8,12-14H2,1-4H3. The zero-order valence-corrected chi connectivity index (χ0v) is 19.2. The number of ether oxygens (including phenoxy) is 4. The van der Waals surface area contributed by atoms with Gasteiger partial charge in [0.1, 0.15) is 18.1 Å². The number of carbonyl (C=O) groups is 1. The zero-order chi connectivity index (χ0) is 23.5. The minimum absolute atomic E-state index is 0.239. The van der Waals surface area contributed by atoms with Crippen LogP contribution in [0.2, 0.25) is 0 Å². The van der Waals surface area contributed by atoms with E-state index in [1.807, 2.05) is 31.2 Å². The normalized spacial score (nSPS) is 13.3. The highest BCUT2D eigenvalue weighted by Gasteiger charge is 2.26. The first-order valence-electron chi connectivity index (χ1n) is 10.7. The first kappa shape index (κ1) is 22.7. The Kier molecular flexibility index (Phi) is 6.55. The highest BCUT2D eigenvalue weighted by atomic mass is 16.5. The van der Waals surface area contributed by atoms with E-state index >= 15 is 0 Å². The Labute approximate surface area is 191 Å². The zero-order valence-electron chi connectivity index (χ0n) is 19.2. The SMILES string of the molecule is COC(=O)CCc1cc2c(C)cc(=O)oc2c2c1OCN(Cc1ccc(OC)c(OC)c1)C2. The minimum atomic E-state index is -0.401. The molecule has 1 aliphatic heterocycles. The molecule has 0 bridgehead atoms. The van der Waals surface area contributed by atoms with Gasteiger partial charge in [0.15, 0.2) is 11.5 Å². The van der Waals surface area contributed by atoms with Crippen molar-refractivity contribution in [2.45, 2.75) is 32.9 Å². The maximum Gasteiger partial charge on any atom is 0.336 e. The number of hydrogen-bond acceptors (Lipinski definition) is 8. The van der Waals surface area contributed by atoms with Crippen LogP contribution in [0.1, 0.15) is 28.7 Å². The third kappa shape index (κ3) is 4.66. The summed E-state index contributed by atoms with van der Waals surface area (Å²) in [6, 6.07) is 9.20. The molecule has 0 saturated carbocycles. The summed E-state index contributed by atoms with van der Waals surface area (Å²) >= 11 is 0. The second kappa shape index (κ2) is 9.54. The van der Waals surface area contributed by atoms with Crippen molar-refractivity contribution in [2.75, 3.05) is 28.1 Å². The van der Waals surface area contributed by atoms with Gasteiger partial charge in [-0.1, -0.05) is 6.07 Å². The molecule has 2 aromatic carbocycles. The van der Waals surface area contributed by atoms with E-state index in [-0.39, 0.29) is 12.4 Å². The van der Waals surface area contributed by atoms with Gasteiger partial charge in [0.2, 0.25) is 0 Å². The van der Waals surface area contributed by atoms with Gasteiger partial charge in [-0.3, -0.25) is 9.69 Å². The third-order valence-electron chi connectivity index (χ3n) is 5.82. The highest BCUT2D eigenvalue weighted by molar-refractivity contribution is 5.86. The van der Waals surface area contributed by atoms with Gasteiger partial charge in [-0.25, -0.2) is 4.79 Å². The summed E-state index contributed by atoms with van der Waals surface area (Å²) in [6.45, 7) is 3.36. The van der Waals surface area contributed by atoms with Crippen molar-refractivity contribution in [3.63, 3.8) is 0 Å². The molecule has 0 atom stereocenters. The molecule has 8 nitrogen and oxygen atoms in total. The average molecular weight is 453 g/mol. The smallest absolute Gasteiger partial charge is 0.336 e. The Morgan fingerprint density at radius 1 is 1.09 bits per heavy atom. The Bertz CT molecular complexity index is 1250. The number of benzene rings is 2. The van der Waals surface area contributed by atoms with Crippen molar-refractivity contribution in [1.82, 2.24) is 4.90 Å². The molecule has 1 aromatic heterocycles. The maximum atomic E-state index is 12.1. The lowest BCUT2D eigenvalue weighted by Crippen LogP contribution is -2.32. The van der Waals surface area contributed by atoms with Crippen molar-refractivity contribution < 1.29 is 28.2 Å². The summed E-state index contributed by atoms with van der Waals surface area (Å²) in [4.78, 5) is 26.0. The van der Waals surface area contributed by atoms with Crippen LogP contribution >= 0.6 is 0 Å². The molecule has 33 heavy (non-hydrogen) atoms. The second-order valence-corrected chi connectivity index (χ2v) is 7.99. The number of fused-ring (bicyclic) bond motifs is 3. The molecule has 0 radical (unpaired) electrons. The van der Waals surface area contributed by atoms with Crippen LogP contribution in [0.3, 0.4) is 0 Å². The van der Waals surface area contributed by atoms with Crippen LogP contribution in [-0.4, -0.2) is 38.9 Å². The molecule has 0 amide bonds. The summed E-state index contributed by atoms with van der Waals surface area (Å²) in [7, 11) is 4.58. The lowest BCUT2D eigenvalue weighted by molar-refractivity contribution is -0.140. The van der Waals surface area contributed by atoms with Gasteiger partial charge in [0.05, 0.1) is 26.9 Å². The van der Waals surface area contributed by atoms with E-state index in [0.717, 1.165) is 27.6 Å². The van der Waals surface area contributed by atoms with E-state index in [4.69, 9.17) is 23.4 Å². The maximum absolute atomic E-state index is 12.1. The molecule has 0 fully saturated rings. The summed E-state index contributed by atoms with van der Waals surface area (Å²) in [5.41, 5.74) is 3.67. The molecule has 1 aliphatic rings. The van der Waals surface area contributed by atoms with Gasteiger partial charge in [-0.2, -0.15) is 0 Å². The fourth-order valence-electron chi connectivity index (χ4n) is 4.17. The molecule has 0 N–H and O–H groups in total. The van der Waals surface area contributed by atoms with E-state index in [9.17, 15) is 9.59 Å². The number of aryl methyl sites for hydroxylation is 2. The number of hydrogen-bond donors (Lipinski definition) is 0. The van der Waals surface area contributed by atoms with Crippen LogP contribution in [0.4, 0.5) is 0 Å². The largest absolute Gasteiger partial charge is 0.493 e. The molecule has 4 rings (SSSR count). The Balaban J connectivity index is 1.69. The average Bonchev–Trinajstić information content (AvgIpc) is 2.82. The van der Waals surface area contributed by atoms with Gasteiger partial charge in [0, 0.05) is 31.0 Å². The van der Waals surface area contributed by atoms with Crippen LogP contribution in [0.15, 0.2) is 39.5 Å². The molecular formula is C25H27NO7. The van der Waals surface area contributed by atoms with Crippen LogP contribution in [0, 0.1) is 6.92 Å². The number of methoxy groups -OCH3 is 3. The third-order valence-corrected chi connectivity index (χ3v) is 5.82. The first-order valence-corrected chi connectivity index (χ1v) is 10.7. The summed E-state index contributed by atoms with van der Waals surface area (Å²) in [6.07, 6.45) is 0.711. The number of nitrogens with zero attached hydrogens (tertiary/aromatic N) is 1. The van der Waals surface area contributed by atoms with Crippen LogP contribution < -0.4 is 19.8 Å². The van der Waals surface area contributed by atoms with Gasteiger partial charge >= 0.3 is 11.6 Å². The Hall–Kier alpha value is -3.52. The molecule has 0 saturated heterocycles. The van der Waals surface area contributed by atoms with Crippen molar-refractivity contribution >= 4 is 16.9 Å². The molecule has 0 aliphatic carbocycles. The number of esters is 1. The molecule has 8 heteroatoms. The second-order valence-electron chi connectivity index (χ2n) is 7.99. The predicted octanol–water partition coefficient (Wildman–Crippen LogP) is 3.58. The summed E-state index contributed by atoms with van der Waals surface area (Å²) in [5.74, 6) is 1.71. The fourth-order valence-corrected chi connectivity index (χ4v) is 4.17. The van der Waals surface area contributed by atoms with Gasteiger partial charge in [0.25, 0.3) is 0 Å². The monoisotopic (exact) mass is 453 g/mol. The van der Waals surface area contributed by atoms with Crippen molar-refractivity contribution in [3.05, 3.63) is 63.0 Å². The molecule has 0 unspecified atom stereocenters. The van der Waals surface area contributed by atoms with Gasteiger partial charge < -0.3 is 23.4 Å². The highest BCUT2D eigenvalue weighted by Crippen LogP contribution is 2.38. The molecule has 0 spiro atoms. The fraction of sp³-hybridized carbons (Fsp3) is 0.360. The minimum Gasteiger partial charge on any atom is -0.493 e. The molecule has 2 heterocycles. The van der Waals surface area contributed by atoms with E-state index in [2.05, 4.69) is 4.90 Å². The Morgan fingerprint density at radius 3 is 2.61 bits per heavy atom. The number of carbonyl (C=O) groups excluding carboxylic acids is 1. The summed E-state index contributed by atoms with van der Waals surface area (Å²) in [5, 5.41) is 0.838. The topological polar surface area (TPSA) is 87.4 Å². The van der Waals surface area contributed by atoms with E-state index in [1.165, 1.54) is 13.2 Å². The summed E-state index contributed by atoms with van der Waals surface area (Å²) < 4.78 is 27.3. The molecule has 174 valence electrons. The lowest BCUT2D eigenvalue weighted by atomic mass is 9.97. The molecular weight excluding hydrogens is 426 g/mol.